The zero-order valence-corrected chi connectivity index (χ0v) is 17.6. The number of aromatic nitrogens is 1. The Labute approximate surface area is 176 Å². The van der Waals surface area contributed by atoms with E-state index in [9.17, 15) is 10.1 Å². The number of esters is 1. The van der Waals surface area contributed by atoms with Crippen molar-refractivity contribution in [3.8, 4) is 28.6 Å². The fraction of sp³-hybridized carbons (Fsp3) is 0.250. The van der Waals surface area contributed by atoms with Crippen LogP contribution in [0.4, 0.5) is 0 Å². The summed E-state index contributed by atoms with van der Waals surface area (Å²) in [4.78, 5) is 12.2. The number of hydrogen-bond donors (Lipinski definition) is 0. The number of hydrogen-bond acceptors (Lipinski definition) is 5. The molecule has 1 heterocycles. The van der Waals surface area contributed by atoms with Gasteiger partial charge >= 0.3 is 5.97 Å². The van der Waals surface area contributed by atoms with E-state index in [1.54, 1.807) is 31.3 Å². The number of carbonyl (C=O) groups excluding carboxylic acids is 1. The molecule has 0 fully saturated rings. The zero-order chi connectivity index (χ0) is 21.7. The van der Waals surface area contributed by atoms with Gasteiger partial charge in [0.1, 0.15) is 17.4 Å². The molecule has 0 bridgehead atoms. The first-order valence-electron chi connectivity index (χ1n) is 9.62. The van der Waals surface area contributed by atoms with E-state index < -0.39 is 5.97 Å². The summed E-state index contributed by atoms with van der Waals surface area (Å²) in [6.45, 7) is 6.09. The van der Waals surface area contributed by atoms with E-state index in [2.05, 4.69) is 6.07 Å². The second kappa shape index (κ2) is 9.29. The molecule has 0 spiro atoms. The SMILES string of the molecule is CCOC(=O)c1ccc(-n2cc(C#N)c(-c3c(C)cccc3C)c2)cc1OCOC. The minimum Gasteiger partial charge on any atom is -0.467 e. The summed E-state index contributed by atoms with van der Waals surface area (Å²) in [7, 11) is 1.51. The molecule has 0 aliphatic rings. The van der Waals surface area contributed by atoms with Crippen LogP contribution in [-0.2, 0) is 9.47 Å². The fourth-order valence-electron chi connectivity index (χ4n) is 3.42. The van der Waals surface area contributed by atoms with Gasteiger partial charge in [0.25, 0.3) is 0 Å². The first-order valence-corrected chi connectivity index (χ1v) is 9.62. The highest BCUT2D eigenvalue weighted by atomic mass is 16.7. The van der Waals surface area contributed by atoms with Crippen LogP contribution >= 0.6 is 0 Å². The second-order valence-electron chi connectivity index (χ2n) is 6.82. The Bertz CT molecular complexity index is 1090. The van der Waals surface area contributed by atoms with Gasteiger partial charge in [0.05, 0.1) is 12.2 Å². The van der Waals surface area contributed by atoms with Crippen molar-refractivity contribution in [2.24, 2.45) is 0 Å². The molecule has 154 valence electrons. The van der Waals surface area contributed by atoms with Crippen LogP contribution in [0, 0.1) is 25.2 Å². The Morgan fingerprint density at radius 1 is 1.13 bits per heavy atom. The van der Waals surface area contributed by atoms with Crippen LogP contribution in [0.1, 0.15) is 34.0 Å². The van der Waals surface area contributed by atoms with E-state index in [1.165, 1.54) is 7.11 Å². The molecule has 0 unspecified atom stereocenters. The van der Waals surface area contributed by atoms with Gasteiger partial charge in [-0.05, 0) is 49.6 Å². The van der Waals surface area contributed by atoms with E-state index in [0.29, 0.717) is 16.9 Å². The van der Waals surface area contributed by atoms with Crippen LogP contribution < -0.4 is 4.74 Å². The average molecular weight is 404 g/mol. The lowest BCUT2D eigenvalue weighted by Gasteiger charge is -2.13. The lowest BCUT2D eigenvalue weighted by molar-refractivity contribution is 0.0438. The van der Waals surface area contributed by atoms with Gasteiger partial charge in [0.2, 0.25) is 0 Å². The van der Waals surface area contributed by atoms with Crippen molar-refractivity contribution in [2.45, 2.75) is 20.8 Å². The zero-order valence-electron chi connectivity index (χ0n) is 17.6. The molecule has 0 saturated carbocycles. The molecule has 0 radical (unpaired) electrons. The molecule has 3 rings (SSSR count). The van der Waals surface area contributed by atoms with E-state index in [1.807, 2.05) is 42.8 Å². The predicted octanol–water partition coefficient (Wildman–Crippen LogP) is 4.79. The minimum absolute atomic E-state index is 0.00135. The lowest BCUT2D eigenvalue weighted by Crippen LogP contribution is -2.10. The molecule has 0 atom stereocenters. The highest BCUT2D eigenvalue weighted by Gasteiger charge is 2.18. The van der Waals surface area contributed by atoms with Crippen LogP contribution in [-0.4, -0.2) is 31.0 Å². The Morgan fingerprint density at radius 2 is 1.87 bits per heavy atom. The molecule has 0 N–H and O–H groups in total. The molecule has 0 amide bonds. The third-order valence-corrected chi connectivity index (χ3v) is 4.79. The molecule has 3 aromatic rings. The summed E-state index contributed by atoms with van der Waals surface area (Å²) in [6.07, 6.45) is 3.70. The summed E-state index contributed by atoms with van der Waals surface area (Å²) in [5, 5.41) is 9.70. The maximum Gasteiger partial charge on any atom is 0.341 e. The maximum atomic E-state index is 12.2. The molecule has 6 heteroatoms. The van der Waals surface area contributed by atoms with Gasteiger partial charge < -0.3 is 18.8 Å². The number of benzene rings is 2. The van der Waals surface area contributed by atoms with Crippen molar-refractivity contribution >= 4 is 5.97 Å². The molecule has 2 aromatic carbocycles. The third-order valence-electron chi connectivity index (χ3n) is 4.79. The third kappa shape index (κ3) is 4.22. The standard InChI is InChI=1S/C24H24N2O4/c1-5-29-24(27)20-10-9-19(11-22(20)30-15-28-4)26-13-18(12-25)21(14-26)23-16(2)7-6-8-17(23)3/h6-11,13-14H,5,15H2,1-4H3. The van der Waals surface area contributed by atoms with E-state index >= 15 is 0 Å². The van der Waals surface area contributed by atoms with Crippen LogP contribution in [0.25, 0.3) is 16.8 Å². The maximum absolute atomic E-state index is 12.2. The molecule has 0 aliphatic heterocycles. The number of methoxy groups -OCH3 is 1. The fourth-order valence-corrected chi connectivity index (χ4v) is 3.42. The summed E-state index contributed by atoms with van der Waals surface area (Å²) in [5.74, 6) is -0.106. The van der Waals surface area contributed by atoms with Gasteiger partial charge in [-0.25, -0.2) is 4.79 Å². The van der Waals surface area contributed by atoms with Crippen molar-refractivity contribution in [1.29, 1.82) is 5.26 Å². The Hall–Kier alpha value is -3.56. The molecule has 30 heavy (non-hydrogen) atoms. The summed E-state index contributed by atoms with van der Waals surface area (Å²) >= 11 is 0. The Morgan fingerprint density at radius 3 is 2.50 bits per heavy atom. The Balaban J connectivity index is 2.09. The smallest absolute Gasteiger partial charge is 0.341 e. The molecular weight excluding hydrogens is 380 g/mol. The highest BCUT2D eigenvalue weighted by Crippen LogP contribution is 2.32. The topological polar surface area (TPSA) is 73.5 Å². The van der Waals surface area contributed by atoms with E-state index in [0.717, 1.165) is 27.9 Å². The minimum atomic E-state index is -0.461. The second-order valence-corrected chi connectivity index (χ2v) is 6.82. The van der Waals surface area contributed by atoms with E-state index in [-0.39, 0.29) is 13.4 Å². The first-order chi connectivity index (χ1) is 14.5. The Kier molecular flexibility index (Phi) is 6.55. The quantitative estimate of drug-likeness (QED) is 0.418. The highest BCUT2D eigenvalue weighted by molar-refractivity contribution is 5.93. The largest absolute Gasteiger partial charge is 0.467 e. The predicted molar refractivity (Wildman–Crippen MR) is 114 cm³/mol. The van der Waals surface area contributed by atoms with Crippen LogP contribution in [0.2, 0.25) is 0 Å². The summed E-state index contributed by atoms with van der Waals surface area (Å²) < 4.78 is 17.6. The summed E-state index contributed by atoms with van der Waals surface area (Å²) in [6, 6.07) is 13.5. The van der Waals surface area contributed by atoms with Gasteiger partial charge in [-0.15, -0.1) is 0 Å². The number of carbonyl (C=O) groups is 1. The number of nitriles is 1. The number of aryl methyl sites for hydroxylation is 2. The summed E-state index contributed by atoms with van der Waals surface area (Å²) in [5.41, 5.74) is 5.76. The number of nitrogens with zero attached hydrogens (tertiary/aromatic N) is 2. The molecule has 0 aliphatic carbocycles. The average Bonchev–Trinajstić information content (AvgIpc) is 3.16. The molecular formula is C24H24N2O4. The lowest BCUT2D eigenvalue weighted by atomic mass is 9.95. The van der Waals surface area contributed by atoms with Gasteiger partial charge in [-0.1, -0.05) is 18.2 Å². The van der Waals surface area contributed by atoms with Crippen LogP contribution in [0.5, 0.6) is 5.75 Å². The van der Waals surface area contributed by atoms with Crippen molar-refractivity contribution in [3.63, 3.8) is 0 Å². The normalized spacial score (nSPS) is 10.5. The van der Waals surface area contributed by atoms with Crippen molar-refractivity contribution < 1.29 is 19.0 Å². The van der Waals surface area contributed by atoms with Crippen molar-refractivity contribution in [1.82, 2.24) is 4.57 Å². The molecule has 6 nitrogen and oxygen atoms in total. The van der Waals surface area contributed by atoms with Crippen molar-refractivity contribution in [3.05, 3.63) is 71.0 Å². The first kappa shape index (κ1) is 21.2. The van der Waals surface area contributed by atoms with Gasteiger partial charge in [-0.3, -0.25) is 0 Å². The van der Waals surface area contributed by atoms with Crippen LogP contribution in [0.3, 0.4) is 0 Å². The van der Waals surface area contributed by atoms with Gasteiger partial charge in [0, 0.05) is 36.8 Å². The molecule has 0 saturated heterocycles. The van der Waals surface area contributed by atoms with Gasteiger partial charge in [0.15, 0.2) is 6.79 Å². The van der Waals surface area contributed by atoms with Crippen LogP contribution in [0.15, 0.2) is 48.8 Å². The van der Waals surface area contributed by atoms with Crippen molar-refractivity contribution in [2.75, 3.05) is 20.5 Å². The number of rotatable bonds is 7. The monoisotopic (exact) mass is 404 g/mol. The molecule has 1 aromatic heterocycles. The van der Waals surface area contributed by atoms with E-state index in [4.69, 9.17) is 14.2 Å². The number of ether oxygens (including phenoxy) is 3. The van der Waals surface area contributed by atoms with Gasteiger partial charge in [-0.2, -0.15) is 5.26 Å².